The van der Waals surface area contributed by atoms with Crippen molar-refractivity contribution in [3.8, 4) is 0 Å². The predicted molar refractivity (Wildman–Crippen MR) is 198 cm³/mol. The van der Waals surface area contributed by atoms with E-state index in [1.165, 1.54) is 123 Å². The number of hydrogen-bond acceptors (Lipinski definition) is 7. The summed E-state index contributed by atoms with van der Waals surface area (Å²) in [5, 5.41) is 14.8. The molecule has 10 atom stereocenters. The molecule has 0 aromatic rings. The van der Waals surface area contributed by atoms with Crippen LogP contribution in [0.1, 0.15) is 130 Å². The van der Waals surface area contributed by atoms with Crippen LogP contribution in [0.25, 0.3) is 0 Å². The van der Waals surface area contributed by atoms with Gasteiger partial charge in [0, 0.05) is 19.5 Å². The largest absolute Gasteiger partial charge is 0.468 e. The number of amides is 1. The van der Waals surface area contributed by atoms with Gasteiger partial charge in [0.25, 0.3) is 0 Å². The average molecular weight is 687 g/mol. The van der Waals surface area contributed by atoms with Gasteiger partial charge in [-0.1, -0.05) is 40.5 Å². The summed E-state index contributed by atoms with van der Waals surface area (Å²) in [4.78, 5) is 29.2. The minimum Gasteiger partial charge on any atom is -0.468 e. The number of hydrogen-bond donors (Lipinski definition) is 3. The van der Waals surface area contributed by atoms with E-state index in [-0.39, 0.29) is 29.4 Å². The molecule has 1 amide bonds. The van der Waals surface area contributed by atoms with Crippen molar-refractivity contribution >= 4 is 11.9 Å². The molecule has 5 rings (SSSR count). The lowest BCUT2D eigenvalue weighted by Gasteiger charge is -2.67. The molecule has 1 saturated heterocycles. The van der Waals surface area contributed by atoms with Crippen molar-refractivity contribution < 1.29 is 19.4 Å². The third-order valence-corrected chi connectivity index (χ3v) is 15.6. The Morgan fingerprint density at radius 3 is 2.33 bits per heavy atom. The smallest absolute Gasteiger partial charge is 0.325 e. The molecule has 0 bridgehead atoms. The molecule has 4 unspecified atom stereocenters. The van der Waals surface area contributed by atoms with E-state index in [1.807, 2.05) is 0 Å². The van der Waals surface area contributed by atoms with E-state index in [9.17, 15) is 14.7 Å². The van der Waals surface area contributed by atoms with Crippen LogP contribution in [0.2, 0.25) is 0 Å². The number of ether oxygens (including phenoxy) is 1. The van der Waals surface area contributed by atoms with Gasteiger partial charge >= 0.3 is 5.97 Å². The highest BCUT2D eigenvalue weighted by Gasteiger charge is 2.65. The van der Waals surface area contributed by atoms with Crippen molar-refractivity contribution in [1.82, 2.24) is 15.1 Å². The fourth-order valence-corrected chi connectivity index (χ4v) is 12.6. The lowest BCUT2D eigenvalue weighted by Crippen LogP contribution is -2.62. The number of nitrogens with zero attached hydrogens (tertiary/aromatic N) is 2. The lowest BCUT2D eigenvalue weighted by molar-refractivity contribution is -0.205. The highest BCUT2D eigenvalue weighted by molar-refractivity contribution is 5.81. The molecule has 0 spiro atoms. The van der Waals surface area contributed by atoms with Crippen LogP contribution >= 0.6 is 0 Å². The zero-order valence-electron chi connectivity index (χ0n) is 32.2. The van der Waals surface area contributed by atoms with Gasteiger partial charge in [0.15, 0.2) is 0 Å². The number of nitrogens with two attached hydrogens (primary N) is 1. The van der Waals surface area contributed by atoms with Crippen LogP contribution in [0.4, 0.5) is 0 Å². The normalized spacial score (nSPS) is 38.9. The van der Waals surface area contributed by atoms with E-state index >= 15 is 0 Å². The number of aliphatic hydroxyl groups is 1. The highest BCUT2D eigenvalue weighted by atomic mass is 16.5. The predicted octanol–water partition coefficient (Wildman–Crippen LogP) is 6.24. The maximum absolute atomic E-state index is 12.4. The topological polar surface area (TPSA) is 108 Å². The number of unbranched alkanes of at least 4 members (excludes halogenated alkanes) is 2. The monoisotopic (exact) mass is 687 g/mol. The van der Waals surface area contributed by atoms with Gasteiger partial charge in [0.1, 0.15) is 6.54 Å². The van der Waals surface area contributed by atoms with Crippen molar-refractivity contribution in [2.24, 2.45) is 57.5 Å². The summed E-state index contributed by atoms with van der Waals surface area (Å²) >= 11 is 0. The van der Waals surface area contributed by atoms with Gasteiger partial charge in [-0.25, -0.2) is 0 Å². The molecule has 8 heteroatoms. The Balaban J connectivity index is 1.10. The molecule has 4 N–H and O–H groups in total. The SMILES string of the molecule is COC(=O)CNC(=O)CC[C@@H](C)C1CCC2C3C(CC[C@@]21C)[C@@]1(C)CC[C@H](CCCCN2CCCN(CCCCN)CC2)C[C@@]1(C)C[C@H]3O. The second kappa shape index (κ2) is 17.1. The molecule has 1 aliphatic heterocycles. The van der Waals surface area contributed by atoms with Crippen LogP contribution in [0, 0.1) is 51.8 Å². The van der Waals surface area contributed by atoms with Crippen molar-refractivity contribution in [2.45, 2.75) is 137 Å². The number of methoxy groups -OCH3 is 1. The molecule has 5 aliphatic rings. The molecule has 0 aromatic carbocycles. The van der Waals surface area contributed by atoms with E-state index in [2.05, 4.69) is 47.5 Å². The van der Waals surface area contributed by atoms with Crippen LogP contribution in [0.3, 0.4) is 0 Å². The van der Waals surface area contributed by atoms with Crippen molar-refractivity contribution in [1.29, 1.82) is 0 Å². The maximum atomic E-state index is 12.4. The standard InChI is InChI=1S/C41H74N4O4/c1-30(12-15-36(47)43-29-37(48)49-5)32-13-14-33-38-34(17-18-40(32,33)3)41(4)19-16-31(27-39(41,2)28-35(38)46)11-6-8-21-44-23-10-24-45(26-25-44)22-9-7-20-42/h30-35,38,46H,6-29,42H2,1-5H3,(H,43,47)/t30-,31+,32?,33?,34?,35-,38?,39+,40-,41-/m1/s1. The number of aliphatic hydroxyl groups excluding tert-OH is 1. The third kappa shape index (κ3) is 8.71. The van der Waals surface area contributed by atoms with Crippen LogP contribution in [-0.2, 0) is 14.3 Å². The second-order valence-corrected chi connectivity index (χ2v) is 18.3. The second-order valence-electron chi connectivity index (χ2n) is 18.3. The first-order valence-corrected chi connectivity index (χ1v) is 20.6. The number of fused-ring (bicyclic) bond motifs is 5. The Labute approximate surface area is 299 Å². The lowest BCUT2D eigenvalue weighted by atomic mass is 9.39. The minimum absolute atomic E-state index is 0.0547. The molecule has 282 valence electrons. The van der Waals surface area contributed by atoms with Gasteiger partial charge in [-0.3, -0.25) is 9.59 Å². The van der Waals surface area contributed by atoms with Crippen LogP contribution in [-0.4, -0.2) is 92.4 Å². The van der Waals surface area contributed by atoms with Crippen molar-refractivity contribution in [2.75, 3.05) is 59.5 Å². The minimum atomic E-state index is -0.408. The Bertz CT molecular complexity index is 1090. The van der Waals surface area contributed by atoms with Crippen LogP contribution in [0.5, 0.6) is 0 Å². The van der Waals surface area contributed by atoms with E-state index in [0.717, 1.165) is 31.7 Å². The third-order valence-electron chi connectivity index (χ3n) is 15.6. The molecule has 0 radical (unpaired) electrons. The Kier molecular flexibility index (Phi) is 13.6. The fraction of sp³-hybridized carbons (Fsp3) is 0.951. The first-order valence-electron chi connectivity index (χ1n) is 20.6. The molecular formula is C41H74N4O4. The molecule has 4 aliphatic carbocycles. The average Bonchev–Trinajstić information content (AvgIpc) is 3.27. The fourth-order valence-electron chi connectivity index (χ4n) is 12.6. The first-order chi connectivity index (χ1) is 23.4. The quantitative estimate of drug-likeness (QED) is 0.138. The summed E-state index contributed by atoms with van der Waals surface area (Å²) in [5.74, 6) is 2.99. The first kappa shape index (κ1) is 39.0. The van der Waals surface area contributed by atoms with Gasteiger partial charge in [-0.05, 0) is 168 Å². The van der Waals surface area contributed by atoms with E-state index < -0.39 is 5.97 Å². The maximum Gasteiger partial charge on any atom is 0.325 e. The zero-order valence-corrected chi connectivity index (χ0v) is 32.2. The molecule has 1 heterocycles. The van der Waals surface area contributed by atoms with E-state index in [0.29, 0.717) is 41.4 Å². The zero-order chi connectivity index (χ0) is 35.2. The number of nitrogens with one attached hydrogen (secondary N) is 1. The Morgan fingerprint density at radius 2 is 1.63 bits per heavy atom. The Morgan fingerprint density at radius 1 is 0.918 bits per heavy atom. The highest BCUT2D eigenvalue weighted by Crippen LogP contribution is 2.71. The number of esters is 1. The number of carbonyl (C=O) groups excluding carboxylic acids is 2. The Hall–Kier alpha value is -1.22. The number of rotatable bonds is 15. The van der Waals surface area contributed by atoms with Crippen LogP contribution < -0.4 is 11.1 Å². The van der Waals surface area contributed by atoms with Gasteiger partial charge in [0.05, 0.1) is 13.2 Å². The molecule has 4 saturated carbocycles. The van der Waals surface area contributed by atoms with Gasteiger partial charge in [0.2, 0.25) is 5.91 Å². The molecule has 8 nitrogen and oxygen atoms in total. The summed E-state index contributed by atoms with van der Waals surface area (Å²) in [5.41, 5.74) is 6.49. The summed E-state index contributed by atoms with van der Waals surface area (Å²) < 4.78 is 4.66. The molecular weight excluding hydrogens is 612 g/mol. The van der Waals surface area contributed by atoms with Gasteiger partial charge in [-0.2, -0.15) is 0 Å². The van der Waals surface area contributed by atoms with E-state index in [1.54, 1.807) is 0 Å². The number of carbonyl (C=O) groups is 2. The molecule has 49 heavy (non-hydrogen) atoms. The summed E-state index contributed by atoms with van der Waals surface area (Å²) in [6.45, 7) is 18.2. The van der Waals surface area contributed by atoms with Crippen molar-refractivity contribution in [3.05, 3.63) is 0 Å². The molecule has 5 fully saturated rings. The summed E-state index contributed by atoms with van der Waals surface area (Å²) in [6, 6.07) is 0. The van der Waals surface area contributed by atoms with Gasteiger partial charge < -0.3 is 30.7 Å². The van der Waals surface area contributed by atoms with E-state index in [4.69, 9.17) is 5.73 Å². The molecule has 0 aromatic heterocycles. The summed E-state index contributed by atoms with van der Waals surface area (Å²) in [7, 11) is 1.34. The van der Waals surface area contributed by atoms with Gasteiger partial charge in [-0.15, -0.1) is 0 Å². The van der Waals surface area contributed by atoms with Crippen LogP contribution in [0.15, 0.2) is 0 Å². The van der Waals surface area contributed by atoms with Crippen molar-refractivity contribution in [3.63, 3.8) is 0 Å². The summed E-state index contributed by atoms with van der Waals surface area (Å²) in [6.07, 6.45) is 18.7.